The van der Waals surface area contributed by atoms with Crippen LogP contribution in [-0.4, -0.2) is 25.7 Å². The van der Waals surface area contributed by atoms with E-state index in [1.807, 2.05) is 30.3 Å². The molecule has 0 spiro atoms. The standard InChI is InChI=1S/C13H11N3O3S/c1-8-11(12(17)18)16-13(14-8)20-10(15-16)7-19-9-5-3-2-4-6-9/h2-6H,7H2,1H3,(H,17,18). The minimum atomic E-state index is -1.03. The van der Waals surface area contributed by atoms with Crippen LogP contribution in [0.3, 0.4) is 0 Å². The van der Waals surface area contributed by atoms with Gasteiger partial charge in [0.1, 0.15) is 12.4 Å². The lowest BCUT2D eigenvalue weighted by molar-refractivity contribution is 0.0687. The van der Waals surface area contributed by atoms with Crippen molar-refractivity contribution in [3.63, 3.8) is 0 Å². The number of aromatic carboxylic acids is 1. The lowest BCUT2D eigenvalue weighted by Crippen LogP contribution is -2.05. The summed E-state index contributed by atoms with van der Waals surface area (Å²) in [5.74, 6) is -0.286. The fraction of sp³-hybridized carbons (Fsp3) is 0.154. The number of nitrogens with zero attached hydrogens (tertiary/aromatic N) is 3. The maximum atomic E-state index is 11.2. The molecule has 7 heteroatoms. The molecule has 0 saturated heterocycles. The third-order valence-electron chi connectivity index (χ3n) is 2.73. The molecule has 1 aromatic carbocycles. The summed E-state index contributed by atoms with van der Waals surface area (Å²) in [7, 11) is 0. The van der Waals surface area contributed by atoms with Crippen LogP contribution < -0.4 is 4.74 Å². The monoisotopic (exact) mass is 289 g/mol. The highest BCUT2D eigenvalue weighted by Crippen LogP contribution is 2.20. The first-order valence-electron chi connectivity index (χ1n) is 5.91. The molecule has 3 aromatic rings. The summed E-state index contributed by atoms with van der Waals surface area (Å²) in [5.41, 5.74) is 0.564. The Morgan fingerprint density at radius 1 is 1.40 bits per heavy atom. The predicted molar refractivity (Wildman–Crippen MR) is 73.3 cm³/mol. The topological polar surface area (TPSA) is 76.7 Å². The molecule has 0 radical (unpaired) electrons. The summed E-state index contributed by atoms with van der Waals surface area (Å²) in [6.45, 7) is 1.95. The highest BCUT2D eigenvalue weighted by molar-refractivity contribution is 7.16. The molecule has 0 amide bonds. The number of rotatable bonds is 4. The number of aromatic nitrogens is 3. The summed E-state index contributed by atoms with van der Waals surface area (Å²) >= 11 is 1.32. The van der Waals surface area contributed by atoms with E-state index in [2.05, 4.69) is 10.1 Å². The van der Waals surface area contributed by atoms with E-state index < -0.39 is 5.97 Å². The Hall–Kier alpha value is -2.41. The first-order valence-corrected chi connectivity index (χ1v) is 6.73. The Balaban J connectivity index is 1.85. The number of carboxylic acids is 1. The Bertz CT molecular complexity index is 764. The first-order chi connectivity index (χ1) is 9.65. The van der Waals surface area contributed by atoms with Crippen molar-refractivity contribution in [3.05, 3.63) is 46.7 Å². The van der Waals surface area contributed by atoms with Crippen molar-refractivity contribution in [3.8, 4) is 5.75 Å². The number of hydrogen-bond acceptors (Lipinski definition) is 5. The number of aryl methyl sites for hydroxylation is 1. The van der Waals surface area contributed by atoms with Crippen LogP contribution in [0.4, 0.5) is 0 Å². The van der Waals surface area contributed by atoms with Crippen molar-refractivity contribution in [1.82, 2.24) is 14.6 Å². The summed E-state index contributed by atoms with van der Waals surface area (Å²) in [4.78, 5) is 15.9. The molecule has 0 aliphatic heterocycles. The maximum Gasteiger partial charge on any atom is 0.356 e. The Morgan fingerprint density at radius 3 is 2.85 bits per heavy atom. The van der Waals surface area contributed by atoms with Crippen LogP contribution in [0.5, 0.6) is 5.75 Å². The molecule has 0 unspecified atom stereocenters. The molecule has 2 aromatic heterocycles. The Labute approximate surface area is 118 Å². The second-order valence-corrected chi connectivity index (χ2v) is 5.18. The molecule has 1 N–H and O–H groups in total. The summed E-state index contributed by atoms with van der Waals surface area (Å²) in [6, 6.07) is 9.38. The molecule has 6 nitrogen and oxygen atoms in total. The van der Waals surface area contributed by atoms with Crippen molar-refractivity contribution < 1.29 is 14.6 Å². The van der Waals surface area contributed by atoms with E-state index in [0.29, 0.717) is 15.7 Å². The maximum absolute atomic E-state index is 11.2. The Kier molecular flexibility index (Phi) is 3.11. The molecular weight excluding hydrogens is 278 g/mol. The fourth-order valence-electron chi connectivity index (χ4n) is 1.85. The van der Waals surface area contributed by atoms with Gasteiger partial charge in [0.2, 0.25) is 4.96 Å². The van der Waals surface area contributed by atoms with Gasteiger partial charge in [-0.25, -0.2) is 9.78 Å². The third kappa shape index (κ3) is 2.23. The molecule has 20 heavy (non-hydrogen) atoms. The molecule has 0 saturated carbocycles. The smallest absolute Gasteiger partial charge is 0.356 e. The quantitative estimate of drug-likeness (QED) is 0.798. The van der Waals surface area contributed by atoms with Gasteiger partial charge in [0.15, 0.2) is 10.7 Å². The predicted octanol–water partition coefficient (Wildman–Crippen LogP) is 2.38. The van der Waals surface area contributed by atoms with E-state index in [4.69, 9.17) is 9.84 Å². The number of ether oxygens (including phenoxy) is 1. The first kappa shape index (κ1) is 12.6. The zero-order valence-corrected chi connectivity index (χ0v) is 11.4. The second-order valence-electron chi connectivity index (χ2n) is 4.14. The SMILES string of the molecule is Cc1nc2sc(COc3ccccc3)nn2c1C(=O)O. The molecule has 0 bridgehead atoms. The molecule has 0 aliphatic carbocycles. The van der Waals surface area contributed by atoms with Crippen LogP contribution in [-0.2, 0) is 6.61 Å². The zero-order chi connectivity index (χ0) is 14.1. The van der Waals surface area contributed by atoms with Crippen molar-refractivity contribution >= 4 is 22.3 Å². The number of carboxylic acid groups (broad SMARTS) is 1. The van der Waals surface area contributed by atoms with Crippen molar-refractivity contribution in [1.29, 1.82) is 0 Å². The van der Waals surface area contributed by atoms with Crippen LogP contribution in [0.25, 0.3) is 4.96 Å². The van der Waals surface area contributed by atoms with E-state index in [1.165, 1.54) is 15.9 Å². The number of imidazole rings is 1. The molecule has 0 fully saturated rings. The van der Waals surface area contributed by atoms with Gasteiger partial charge in [0.05, 0.1) is 5.69 Å². The molecule has 102 valence electrons. The summed E-state index contributed by atoms with van der Waals surface area (Å²) in [6.07, 6.45) is 0. The lowest BCUT2D eigenvalue weighted by Gasteiger charge is -2.02. The highest BCUT2D eigenvalue weighted by atomic mass is 32.1. The van der Waals surface area contributed by atoms with Crippen molar-refractivity contribution in [2.45, 2.75) is 13.5 Å². The number of fused-ring (bicyclic) bond motifs is 1. The highest BCUT2D eigenvalue weighted by Gasteiger charge is 2.19. The van der Waals surface area contributed by atoms with E-state index >= 15 is 0 Å². The van der Waals surface area contributed by atoms with Gasteiger partial charge in [0.25, 0.3) is 0 Å². The Morgan fingerprint density at radius 2 is 2.15 bits per heavy atom. The van der Waals surface area contributed by atoms with Crippen LogP contribution >= 0.6 is 11.3 Å². The minimum Gasteiger partial charge on any atom is -0.486 e. The van der Waals surface area contributed by atoms with Crippen LogP contribution in [0.1, 0.15) is 21.2 Å². The van der Waals surface area contributed by atoms with Gasteiger partial charge in [-0.05, 0) is 19.1 Å². The second kappa shape index (κ2) is 4.93. The number of benzene rings is 1. The van der Waals surface area contributed by atoms with Crippen LogP contribution in [0.15, 0.2) is 30.3 Å². The van der Waals surface area contributed by atoms with Gasteiger partial charge in [-0.1, -0.05) is 29.5 Å². The van der Waals surface area contributed by atoms with Crippen LogP contribution in [0, 0.1) is 6.92 Å². The largest absolute Gasteiger partial charge is 0.486 e. The molecular formula is C13H11N3O3S. The number of hydrogen-bond donors (Lipinski definition) is 1. The van der Waals surface area contributed by atoms with Gasteiger partial charge < -0.3 is 9.84 Å². The summed E-state index contributed by atoms with van der Waals surface area (Å²) in [5, 5.41) is 14.1. The molecule has 0 aliphatic rings. The fourth-order valence-corrected chi connectivity index (χ4v) is 2.71. The van der Waals surface area contributed by atoms with Gasteiger partial charge in [-0.15, -0.1) is 0 Å². The molecule has 0 atom stereocenters. The van der Waals surface area contributed by atoms with Crippen molar-refractivity contribution in [2.75, 3.05) is 0 Å². The van der Waals surface area contributed by atoms with E-state index in [9.17, 15) is 4.79 Å². The van der Waals surface area contributed by atoms with E-state index in [-0.39, 0.29) is 12.3 Å². The number of carbonyl (C=O) groups is 1. The third-order valence-corrected chi connectivity index (χ3v) is 3.61. The normalized spacial score (nSPS) is 10.8. The lowest BCUT2D eigenvalue weighted by atomic mass is 10.3. The van der Waals surface area contributed by atoms with Gasteiger partial charge in [-0.2, -0.15) is 9.61 Å². The molecule has 3 rings (SSSR count). The van der Waals surface area contributed by atoms with Crippen molar-refractivity contribution in [2.24, 2.45) is 0 Å². The van der Waals surface area contributed by atoms with Gasteiger partial charge >= 0.3 is 5.97 Å². The van der Waals surface area contributed by atoms with E-state index in [1.54, 1.807) is 6.92 Å². The van der Waals surface area contributed by atoms with Gasteiger partial charge in [-0.3, -0.25) is 0 Å². The van der Waals surface area contributed by atoms with Gasteiger partial charge in [0, 0.05) is 0 Å². The minimum absolute atomic E-state index is 0.0993. The molecule has 2 heterocycles. The number of para-hydroxylation sites is 1. The average molecular weight is 289 g/mol. The summed E-state index contributed by atoms with van der Waals surface area (Å²) < 4.78 is 6.93. The zero-order valence-electron chi connectivity index (χ0n) is 10.6. The van der Waals surface area contributed by atoms with Crippen LogP contribution in [0.2, 0.25) is 0 Å². The average Bonchev–Trinajstić information content (AvgIpc) is 2.93. The van der Waals surface area contributed by atoms with E-state index in [0.717, 1.165) is 5.75 Å².